The summed E-state index contributed by atoms with van der Waals surface area (Å²) in [6.07, 6.45) is -0.617. The standard InChI is InChI=1S/C23H15BrN2O6/c24-16-8-14(20-15(9-16)12-31-23(32-20)13-4-2-1-3-5-13)11-25-21(27)18-7-6-17(26(29)30)10-19(18)22(25)28/h1-10,23H,11-12H2. The van der Waals surface area contributed by atoms with Crippen LogP contribution in [0.2, 0.25) is 0 Å². The van der Waals surface area contributed by atoms with Crippen molar-refractivity contribution in [3.63, 3.8) is 0 Å². The second-order valence-electron chi connectivity index (χ2n) is 7.41. The molecule has 2 heterocycles. The number of halogens is 1. The van der Waals surface area contributed by atoms with Crippen LogP contribution >= 0.6 is 15.9 Å². The van der Waals surface area contributed by atoms with Gasteiger partial charge in [0.2, 0.25) is 6.29 Å². The van der Waals surface area contributed by atoms with Gasteiger partial charge in [0.1, 0.15) is 5.75 Å². The molecular weight excluding hydrogens is 480 g/mol. The summed E-state index contributed by atoms with van der Waals surface area (Å²) in [6, 6.07) is 16.8. The fraction of sp³-hybridized carbons (Fsp3) is 0.130. The van der Waals surface area contributed by atoms with Crippen molar-refractivity contribution in [2.75, 3.05) is 0 Å². The maximum absolute atomic E-state index is 12.9. The molecule has 0 spiro atoms. The highest BCUT2D eigenvalue weighted by Gasteiger charge is 2.38. The van der Waals surface area contributed by atoms with Crippen LogP contribution in [0.1, 0.15) is 43.7 Å². The van der Waals surface area contributed by atoms with Crippen LogP contribution in [0.4, 0.5) is 5.69 Å². The third-order valence-corrected chi connectivity index (χ3v) is 5.85. The van der Waals surface area contributed by atoms with Crippen molar-refractivity contribution in [1.82, 2.24) is 4.90 Å². The fourth-order valence-corrected chi connectivity index (χ4v) is 4.43. The lowest BCUT2D eigenvalue weighted by molar-refractivity contribution is -0.384. The number of amides is 2. The summed E-state index contributed by atoms with van der Waals surface area (Å²) in [5.74, 6) is -0.523. The SMILES string of the molecule is O=C1c2ccc([N+](=O)[O-])cc2C(=O)N1Cc1cc(Br)cc2c1OC(c1ccccc1)OC2. The van der Waals surface area contributed by atoms with E-state index < -0.39 is 23.0 Å². The van der Waals surface area contributed by atoms with Crippen molar-refractivity contribution >= 4 is 33.4 Å². The number of rotatable bonds is 4. The van der Waals surface area contributed by atoms with Crippen LogP contribution < -0.4 is 4.74 Å². The number of nitro benzene ring substituents is 1. The van der Waals surface area contributed by atoms with Crippen molar-refractivity contribution < 1.29 is 24.0 Å². The van der Waals surface area contributed by atoms with Crippen LogP contribution in [0.25, 0.3) is 0 Å². The largest absolute Gasteiger partial charge is 0.460 e. The predicted molar refractivity (Wildman–Crippen MR) is 116 cm³/mol. The Morgan fingerprint density at radius 2 is 1.78 bits per heavy atom. The molecule has 2 aliphatic heterocycles. The summed E-state index contributed by atoms with van der Waals surface area (Å²) >= 11 is 3.46. The highest BCUT2D eigenvalue weighted by Crippen LogP contribution is 2.39. The summed E-state index contributed by atoms with van der Waals surface area (Å²) < 4.78 is 12.7. The average molecular weight is 495 g/mol. The number of non-ortho nitro benzene ring substituents is 1. The van der Waals surface area contributed by atoms with Gasteiger partial charge in [0.05, 0.1) is 29.2 Å². The lowest BCUT2D eigenvalue weighted by Crippen LogP contribution is -2.30. The normalized spacial score (nSPS) is 17.0. The molecule has 0 fully saturated rings. The molecular formula is C23H15BrN2O6. The van der Waals surface area contributed by atoms with Crippen LogP contribution in [0, 0.1) is 10.1 Å². The number of carbonyl (C=O) groups is 2. The number of imide groups is 1. The highest BCUT2D eigenvalue weighted by atomic mass is 79.9. The highest BCUT2D eigenvalue weighted by molar-refractivity contribution is 9.10. The average Bonchev–Trinajstić information content (AvgIpc) is 3.03. The maximum atomic E-state index is 12.9. The Kier molecular flexibility index (Phi) is 4.99. The summed E-state index contributed by atoms with van der Waals surface area (Å²) in [4.78, 5) is 37.4. The Bertz CT molecular complexity index is 1280. The summed E-state index contributed by atoms with van der Waals surface area (Å²) in [7, 11) is 0. The van der Waals surface area contributed by atoms with E-state index in [9.17, 15) is 19.7 Å². The van der Waals surface area contributed by atoms with Gasteiger partial charge < -0.3 is 9.47 Å². The number of hydrogen-bond acceptors (Lipinski definition) is 6. The van der Waals surface area contributed by atoms with E-state index >= 15 is 0 Å². The Hall–Kier alpha value is -3.56. The molecule has 8 nitrogen and oxygen atoms in total. The lowest BCUT2D eigenvalue weighted by Gasteiger charge is -2.29. The first kappa shape index (κ1) is 20.3. The van der Waals surface area contributed by atoms with E-state index in [2.05, 4.69) is 15.9 Å². The van der Waals surface area contributed by atoms with Gasteiger partial charge in [-0.15, -0.1) is 0 Å². The van der Waals surface area contributed by atoms with Gasteiger partial charge in [0, 0.05) is 33.3 Å². The molecule has 1 atom stereocenters. The molecule has 0 aromatic heterocycles. The molecule has 32 heavy (non-hydrogen) atoms. The zero-order valence-corrected chi connectivity index (χ0v) is 18.1. The van der Waals surface area contributed by atoms with Gasteiger partial charge in [-0.3, -0.25) is 24.6 Å². The van der Waals surface area contributed by atoms with Crippen molar-refractivity contribution in [1.29, 1.82) is 0 Å². The van der Waals surface area contributed by atoms with Gasteiger partial charge >= 0.3 is 0 Å². The van der Waals surface area contributed by atoms with Crippen LogP contribution in [0.15, 0.2) is 65.1 Å². The molecule has 0 radical (unpaired) electrons. The Balaban J connectivity index is 1.48. The molecule has 0 aliphatic carbocycles. The van der Waals surface area contributed by atoms with Crippen LogP contribution in [0.5, 0.6) is 5.75 Å². The van der Waals surface area contributed by atoms with Gasteiger partial charge in [0.25, 0.3) is 17.5 Å². The number of hydrogen-bond donors (Lipinski definition) is 0. The summed E-state index contributed by atoms with van der Waals surface area (Å²) in [5, 5.41) is 11.1. The first-order chi connectivity index (χ1) is 15.4. The van der Waals surface area contributed by atoms with Crippen molar-refractivity contribution in [3.05, 3.63) is 103 Å². The Morgan fingerprint density at radius 1 is 1.03 bits per heavy atom. The van der Waals surface area contributed by atoms with Gasteiger partial charge in [-0.25, -0.2) is 0 Å². The zero-order valence-electron chi connectivity index (χ0n) is 16.5. The van der Waals surface area contributed by atoms with Crippen LogP contribution in [0.3, 0.4) is 0 Å². The molecule has 3 aromatic carbocycles. The van der Waals surface area contributed by atoms with Crippen molar-refractivity contribution in [2.45, 2.75) is 19.4 Å². The topological polar surface area (TPSA) is 99.0 Å². The third kappa shape index (κ3) is 3.45. The Morgan fingerprint density at radius 3 is 2.53 bits per heavy atom. The van der Waals surface area contributed by atoms with Crippen LogP contribution in [-0.2, 0) is 17.9 Å². The quantitative estimate of drug-likeness (QED) is 0.294. The Labute approximate surface area is 190 Å². The molecule has 2 aliphatic rings. The van der Waals surface area contributed by atoms with E-state index in [0.29, 0.717) is 17.9 Å². The van der Waals surface area contributed by atoms with E-state index in [4.69, 9.17) is 9.47 Å². The summed E-state index contributed by atoms with van der Waals surface area (Å²) in [6.45, 7) is 0.263. The number of ether oxygens (including phenoxy) is 2. The number of benzene rings is 3. The van der Waals surface area contributed by atoms with E-state index in [1.165, 1.54) is 12.1 Å². The molecule has 0 saturated carbocycles. The molecule has 0 saturated heterocycles. The molecule has 2 amide bonds. The predicted octanol–water partition coefficient (Wildman–Crippen LogP) is 4.76. The van der Waals surface area contributed by atoms with Gasteiger partial charge in [-0.05, 0) is 18.2 Å². The minimum atomic E-state index is -0.617. The second-order valence-corrected chi connectivity index (χ2v) is 8.32. The monoisotopic (exact) mass is 494 g/mol. The van der Waals surface area contributed by atoms with Crippen LogP contribution in [-0.4, -0.2) is 21.6 Å². The first-order valence-electron chi connectivity index (χ1n) is 9.71. The van der Waals surface area contributed by atoms with Gasteiger partial charge in [-0.1, -0.05) is 46.3 Å². The van der Waals surface area contributed by atoms with Gasteiger partial charge in [0.15, 0.2) is 0 Å². The number of fused-ring (bicyclic) bond motifs is 2. The first-order valence-corrected chi connectivity index (χ1v) is 10.5. The zero-order chi connectivity index (χ0) is 22.4. The molecule has 1 unspecified atom stereocenters. The van der Waals surface area contributed by atoms with E-state index in [0.717, 1.165) is 26.6 Å². The van der Waals surface area contributed by atoms with E-state index in [1.54, 1.807) is 6.07 Å². The van der Waals surface area contributed by atoms with Gasteiger partial charge in [-0.2, -0.15) is 0 Å². The summed E-state index contributed by atoms with van der Waals surface area (Å²) in [5.41, 5.74) is 2.20. The number of nitro groups is 1. The molecule has 9 heteroatoms. The van der Waals surface area contributed by atoms with E-state index in [1.807, 2.05) is 36.4 Å². The van der Waals surface area contributed by atoms with Crippen molar-refractivity contribution in [3.8, 4) is 5.75 Å². The molecule has 3 aromatic rings. The third-order valence-electron chi connectivity index (χ3n) is 5.39. The van der Waals surface area contributed by atoms with E-state index in [-0.39, 0.29) is 23.4 Å². The fourth-order valence-electron chi connectivity index (χ4n) is 3.88. The number of nitrogens with zero attached hydrogens (tertiary/aromatic N) is 2. The minimum absolute atomic E-state index is 0.0273. The lowest BCUT2D eigenvalue weighted by atomic mass is 10.1. The molecule has 0 N–H and O–H groups in total. The molecule has 160 valence electrons. The second kappa shape index (κ2) is 7.85. The number of carbonyl (C=O) groups excluding carboxylic acids is 2. The maximum Gasteiger partial charge on any atom is 0.270 e. The smallest absolute Gasteiger partial charge is 0.270 e. The molecule has 0 bridgehead atoms. The minimum Gasteiger partial charge on any atom is -0.460 e. The van der Waals surface area contributed by atoms with Crippen molar-refractivity contribution in [2.24, 2.45) is 0 Å². The molecule has 5 rings (SSSR count).